The molecule has 3 aliphatic carbocycles. The highest BCUT2D eigenvalue weighted by Crippen LogP contribution is 2.58. The minimum absolute atomic E-state index is 0.0115. The van der Waals surface area contributed by atoms with E-state index in [9.17, 15) is 20.4 Å². The van der Waals surface area contributed by atoms with E-state index in [1.807, 2.05) is 13.8 Å². The van der Waals surface area contributed by atoms with Gasteiger partial charge >= 0.3 is 0 Å². The van der Waals surface area contributed by atoms with Crippen molar-refractivity contribution in [1.82, 2.24) is 0 Å². The van der Waals surface area contributed by atoms with Crippen molar-refractivity contribution in [2.45, 2.75) is 94.2 Å². The van der Waals surface area contributed by atoms with Gasteiger partial charge in [0, 0.05) is 27.2 Å². The van der Waals surface area contributed by atoms with Crippen molar-refractivity contribution < 1.29 is 20.4 Å². The van der Waals surface area contributed by atoms with E-state index in [1.165, 1.54) is 6.42 Å². The Morgan fingerprint density at radius 1 is 0.821 bits per heavy atom. The molecule has 12 unspecified atom stereocenters. The van der Waals surface area contributed by atoms with Gasteiger partial charge in [-0.3, -0.25) is 0 Å². The van der Waals surface area contributed by atoms with Crippen LogP contribution in [0.15, 0.2) is 0 Å². The quantitative estimate of drug-likeness (QED) is 0.290. The maximum absolute atomic E-state index is 11.4. The molecule has 0 aromatic heterocycles. The minimum atomic E-state index is -0.835. The third-order valence-electron chi connectivity index (χ3n) is 9.09. The number of nitrogens with two attached hydrogens (primary N) is 1. The summed E-state index contributed by atoms with van der Waals surface area (Å²) in [6, 6.07) is -0.566. The molecule has 6 heteroatoms. The summed E-state index contributed by atoms with van der Waals surface area (Å²) in [4.78, 5) is 0. The Bertz CT molecular complexity index is 525. The lowest BCUT2D eigenvalue weighted by Crippen LogP contribution is -2.70. The van der Waals surface area contributed by atoms with Crippen molar-refractivity contribution in [2.24, 2.45) is 46.7 Å². The summed E-state index contributed by atoms with van der Waals surface area (Å²) in [5.74, 6) is -0.560. The van der Waals surface area contributed by atoms with E-state index in [1.54, 1.807) is 0 Å². The molecule has 12 atom stereocenters. The van der Waals surface area contributed by atoms with Crippen LogP contribution in [0.2, 0.25) is 0 Å². The fraction of sp³-hybridized carbons (Fsp3) is 1.00. The zero-order valence-electron chi connectivity index (χ0n) is 17.7. The monoisotopic (exact) mass is 509 g/mol. The van der Waals surface area contributed by atoms with Gasteiger partial charge in [-0.2, -0.15) is 0 Å². The van der Waals surface area contributed by atoms with Crippen LogP contribution in [0.25, 0.3) is 0 Å². The fourth-order valence-electron chi connectivity index (χ4n) is 6.94. The van der Waals surface area contributed by atoms with Gasteiger partial charge in [0.25, 0.3) is 0 Å². The summed E-state index contributed by atoms with van der Waals surface area (Å²) in [6.45, 7) is 8.12. The predicted octanol–water partition coefficient (Wildman–Crippen LogP) is 2.32. The standard InChI is InChI=1S/C22H40INO4/c1-10-11(2)18(25)14(20(27)16(10)23)15-17(24)19(26)12(3)21(28)22(15,4)13-8-6-5-7-9-13/h10-21,25-28H,5-9,24H2,1-4H3. The highest BCUT2D eigenvalue weighted by Gasteiger charge is 2.62. The lowest BCUT2D eigenvalue weighted by molar-refractivity contribution is -0.212. The van der Waals surface area contributed by atoms with Crippen LogP contribution in [0.1, 0.15) is 59.8 Å². The Labute approximate surface area is 183 Å². The molecule has 3 saturated carbocycles. The number of alkyl halides is 1. The number of aliphatic hydroxyl groups is 4. The summed E-state index contributed by atoms with van der Waals surface area (Å²) in [6.07, 6.45) is 2.66. The lowest BCUT2D eigenvalue weighted by Gasteiger charge is -2.61. The average molecular weight is 509 g/mol. The molecule has 0 saturated heterocycles. The summed E-state index contributed by atoms with van der Waals surface area (Å²) >= 11 is 2.31. The first-order chi connectivity index (χ1) is 13.0. The second-order valence-corrected chi connectivity index (χ2v) is 11.8. The van der Waals surface area contributed by atoms with Gasteiger partial charge in [0.05, 0.1) is 24.4 Å². The summed E-state index contributed by atoms with van der Waals surface area (Å²) in [5, 5.41) is 44.8. The third-order valence-corrected chi connectivity index (χ3v) is 11.0. The molecular weight excluding hydrogens is 469 g/mol. The molecule has 28 heavy (non-hydrogen) atoms. The van der Waals surface area contributed by atoms with Gasteiger partial charge in [-0.15, -0.1) is 0 Å². The zero-order chi connectivity index (χ0) is 21.0. The topological polar surface area (TPSA) is 107 Å². The van der Waals surface area contributed by atoms with Gasteiger partial charge in [-0.1, -0.05) is 69.5 Å². The summed E-state index contributed by atoms with van der Waals surface area (Å²) in [5.41, 5.74) is 6.13. The Hall–Kier alpha value is 0.530. The van der Waals surface area contributed by atoms with Crippen LogP contribution < -0.4 is 5.73 Å². The van der Waals surface area contributed by atoms with Crippen LogP contribution in [0, 0.1) is 40.9 Å². The van der Waals surface area contributed by atoms with E-state index in [4.69, 9.17) is 5.73 Å². The smallest absolute Gasteiger partial charge is 0.0744 e. The fourth-order valence-corrected chi connectivity index (χ4v) is 8.07. The average Bonchev–Trinajstić information content (AvgIpc) is 2.71. The molecule has 3 fully saturated rings. The highest BCUT2D eigenvalue weighted by atomic mass is 127. The molecule has 0 heterocycles. The third kappa shape index (κ3) is 3.48. The molecule has 5 nitrogen and oxygen atoms in total. The number of hydrogen-bond acceptors (Lipinski definition) is 5. The maximum atomic E-state index is 11.4. The number of rotatable bonds is 2. The van der Waals surface area contributed by atoms with Crippen molar-refractivity contribution in [3.8, 4) is 0 Å². The first kappa shape index (κ1) is 23.2. The molecule has 0 aromatic rings. The van der Waals surface area contributed by atoms with E-state index < -0.39 is 41.8 Å². The van der Waals surface area contributed by atoms with Crippen molar-refractivity contribution >= 4 is 22.6 Å². The van der Waals surface area contributed by atoms with Crippen LogP contribution >= 0.6 is 22.6 Å². The second kappa shape index (κ2) is 8.58. The molecule has 3 aliphatic rings. The van der Waals surface area contributed by atoms with Gasteiger partial charge in [0.1, 0.15) is 0 Å². The van der Waals surface area contributed by atoms with Crippen LogP contribution in [-0.4, -0.2) is 54.8 Å². The van der Waals surface area contributed by atoms with E-state index >= 15 is 0 Å². The van der Waals surface area contributed by atoms with Crippen molar-refractivity contribution in [3.05, 3.63) is 0 Å². The van der Waals surface area contributed by atoms with Gasteiger partial charge in [0.15, 0.2) is 0 Å². The summed E-state index contributed by atoms with van der Waals surface area (Å²) < 4.78 is 0.0115. The first-order valence-corrected chi connectivity index (χ1v) is 12.4. The number of hydrogen-bond donors (Lipinski definition) is 5. The lowest BCUT2D eigenvalue weighted by atomic mass is 9.47. The van der Waals surface area contributed by atoms with E-state index in [2.05, 4.69) is 36.4 Å². The Morgan fingerprint density at radius 2 is 1.39 bits per heavy atom. The summed E-state index contributed by atoms with van der Waals surface area (Å²) in [7, 11) is 0. The molecule has 3 rings (SSSR count). The molecular formula is C22H40INO4. The Balaban J connectivity index is 2.07. The van der Waals surface area contributed by atoms with Gasteiger partial charge < -0.3 is 26.2 Å². The van der Waals surface area contributed by atoms with E-state index in [0.29, 0.717) is 5.92 Å². The minimum Gasteiger partial charge on any atom is -0.392 e. The highest BCUT2D eigenvalue weighted by molar-refractivity contribution is 14.1. The van der Waals surface area contributed by atoms with Crippen molar-refractivity contribution in [1.29, 1.82) is 0 Å². The molecule has 0 aromatic carbocycles. The second-order valence-electron chi connectivity index (χ2n) is 10.3. The molecule has 0 spiro atoms. The normalized spacial score (nSPS) is 56.6. The molecule has 164 valence electrons. The van der Waals surface area contributed by atoms with Crippen LogP contribution in [0.4, 0.5) is 0 Å². The Morgan fingerprint density at radius 3 is 1.96 bits per heavy atom. The molecule has 0 amide bonds. The van der Waals surface area contributed by atoms with E-state index in [0.717, 1.165) is 25.7 Å². The van der Waals surface area contributed by atoms with Crippen molar-refractivity contribution in [3.63, 3.8) is 0 Å². The van der Waals surface area contributed by atoms with Gasteiger partial charge in [-0.25, -0.2) is 0 Å². The van der Waals surface area contributed by atoms with Gasteiger partial charge in [0.2, 0.25) is 0 Å². The largest absolute Gasteiger partial charge is 0.392 e. The molecule has 6 N–H and O–H groups in total. The predicted molar refractivity (Wildman–Crippen MR) is 119 cm³/mol. The molecule has 0 aliphatic heterocycles. The van der Waals surface area contributed by atoms with Crippen LogP contribution in [-0.2, 0) is 0 Å². The van der Waals surface area contributed by atoms with Gasteiger partial charge in [-0.05, 0) is 36.5 Å². The Kier molecular flexibility index (Phi) is 7.11. The van der Waals surface area contributed by atoms with Crippen LogP contribution in [0.3, 0.4) is 0 Å². The molecule has 0 radical (unpaired) electrons. The zero-order valence-corrected chi connectivity index (χ0v) is 19.9. The SMILES string of the molecule is CC1C(C)C(I)C(O)C(C2C(N)C(O)C(C)C(O)C2(C)C2CCCCC2)C1O. The first-order valence-electron chi connectivity index (χ1n) is 11.2. The molecule has 0 bridgehead atoms. The van der Waals surface area contributed by atoms with Crippen LogP contribution in [0.5, 0.6) is 0 Å². The van der Waals surface area contributed by atoms with Crippen molar-refractivity contribution in [2.75, 3.05) is 0 Å². The number of halogens is 1. The maximum Gasteiger partial charge on any atom is 0.0744 e. The van der Waals surface area contributed by atoms with E-state index in [-0.39, 0.29) is 27.6 Å². The number of aliphatic hydroxyl groups excluding tert-OH is 4.